The second kappa shape index (κ2) is 8.64. The van der Waals surface area contributed by atoms with Crippen LogP contribution in [0.1, 0.15) is 43.9 Å². The van der Waals surface area contributed by atoms with Crippen LogP contribution in [-0.4, -0.2) is 46.3 Å². The zero-order valence-electron chi connectivity index (χ0n) is 16.3. The van der Waals surface area contributed by atoms with Crippen molar-refractivity contribution in [1.82, 2.24) is 19.4 Å². The van der Waals surface area contributed by atoms with Gasteiger partial charge in [0.15, 0.2) is 0 Å². The van der Waals surface area contributed by atoms with Gasteiger partial charge in [-0.1, -0.05) is 19.9 Å². The minimum Gasteiger partial charge on any atom is -0.481 e. The van der Waals surface area contributed by atoms with E-state index in [4.69, 9.17) is 14.5 Å². The van der Waals surface area contributed by atoms with Crippen molar-refractivity contribution in [3.8, 4) is 5.88 Å². The highest BCUT2D eigenvalue weighted by atomic mass is 16.5. The van der Waals surface area contributed by atoms with Crippen LogP contribution in [0.4, 0.5) is 0 Å². The molecule has 0 unspecified atom stereocenters. The molecule has 6 nitrogen and oxygen atoms in total. The number of rotatable bonds is 8. The molecule has 6 heteroatoms. The van der Waals surface area contributed by atoms with E-state index < -0.39 is 0 Å². The zero-order valence-corrected chi connectivity index (χ0v) is 16.3. The van der Waals surface area contributed by atoms with E-state index >= 15 is 0 Å². The predicted molar refractivity (Wildman–Crippen MR) is 101 cm³/mol. The van der Waals surface area contributed by atoms with Gasteiger partial charge < -0.3 is 14.0 Å². The smallest absolute Gasteiger partial charge is 0.217 e. The van der Waals surface area contributed by atoms with Crippen LogP contribution in [-0.2, 0) is 24.2 Å². The highest BCUT2D eigenvalue weighted by molar-refractivity contribution is 5.25. The van der Waals surface area contributed by atoms with Gasteiger partial charge >= 0.3 is 0 Å². The molecule has 0 bridgehead atoms. The molecule has 0 saturated carbocycles. The second-order valence-electron chi connectivity index (χ2n) is 7.30. The molecule has 0 spiro atoms. The lowest BCUT2D eigenvalue weighted by Gasteiger charge is -2.34. The fraction of sp³-hybridized carbons (Fsp3) is 0.600. The summed E-state index contributed by atoms with van der Waals surface area (Å²) in [4.78, 5) is 11.4. The van der Waals surface area contributed by atoms with E-state index in [1.54, 1.807) is 13.3 Å². The van der Waals surface area contributed by atoms with Gasteiger partial charge in [-0.15, -0.1) is 0 Å². The Kier molecular flexibility index (Phi) is 6.27. The van der Waals surface area contributed by atoms with Gasteiger partial charge in [0.25, 0.3) is 0 Å². The minimum absolute atomic E-state index is 0.263. The molecule has 26 heavy (non-hydrogen) atoms. The molecule has 1 aliphatic rings. The van der Waals surface area contributed by atoms with Crippen LogP contribution in [0.5, 0.6) is 5.88 Å². The van der Waals surface area contributed by atoms with Crippen molar-refractivity contribution in [2.45, 2.75) is 46.3 Å². The van der Waals surface area contributed by atoms with E-state index in [0.717, 1.165) is 50.7 Å². The van der Waals surface area contributed by atoms with Gasteiger partial charge in [-0.25, -0.2) is 9.97 Å². The molecule has 2 aromatic rings. The highest BCUT2D eigenvalue weighted by Gasteiger charge is 2.27. The first kappa shape index (κ1) is 18.9. The molecule has 0 aliphatic carbocycles. The van der Waals surface area contributed by atoms with Crippen LogP contribution in [0.2, 0.25) is 0 Å². The van der Waals surface area contributed by atoms with Crippen molar-refractivity contribution in [3.05, 3.63) is 41.6 Å². The van der Waals surface area contributed by atoms with Crippen molar-refractivity contribution >= 4 is 0 Å². The lowest BCUT2D eigenvalue weighted by molar-refractivity contribution is 0.110. The molecule has 3 rings (SSSR count). The Morgan fingerprint density at radius 1 is 1.27 bits per heavy atom. The van der Waals surface area contributed by atoms with Gasteiger partial charge in [0.1, 0.15) is 5.82 Å². The van der Waals surface area contributed by atoms with Crippen molar-refractivity contribution in [3.63, 3.8) is 0 Å². The number of methoxy groups -OCH3 is 1. The molecule has 0 saturated heterocycles. The van der Waals surface area contributed by atoms with Crippen molar-refractivity contribution in [2.24, 2.45) is 5.92 Å². The Bertz CT molecular complexity index is 714. The standard InChI is InChI=1S/C20H30N4O2/c1-15(2)14-26-11-7-18-12-22-19-16(3)23(9-10-24(18)19)13-17-6-5-8-21-20(17)25-4/h5-6,8,12,15-16H,7,9-11,13-14H2,1-4H3/t16-/m0/s1. The average Bonchev–Trinajstić information content (AvgIpc) is 3.05. The molecular formula is C20H30N4O2. The van der Waals surface area contributed by atoms with Gasteiger partial charge in [0.2, 0.25) is 5.88 Å². The summed E-state index contributed by atoms with van der Waals surface area (Å²) in [6, 6.07) is 4.30. The third-order valence-corrected chi connectivity index (χ3v) is 4.87. The lowest BCUT2D eigenvalue weighted by Crippen LogP contribution is -2.37. The van der Waals surface area contributed by atoms with Gasteiger partial charge in [-0.2, -0.15) is 0 Å². The Balaban J connectivity index is 1.64. The Hall–Kier alpha value is -1.92. The van der Waals surface area contributed by atoms with Crippen LogP contribution in [0, 0.1) is 5.92 Å². The normalized spacial score (nSPS) is 17.5. The molecule has 0 fully saturated rings. The van der Waals surface area contributed by atoms with Gasteiger partial charge in [0.05, 0.1) is 19.8 Å². The molecule has 3 heterocycles. The molecule has 2 aromatic heterocycles. The van der Waals surface area contributed by atoms with Gasteiger partial charge in [-0.3, -0.25) is 4.90 Å². The maximum absolute atomic E-state index is 5.74. The fourth-order valence-electron chi connectivity index (χ4n) is 3.46. The summed E-state index contributed by atoms with van der Waals surface area (Å²) in [6.45, 7) is 10.9. The Morgan fingerprint density at radius 2 is 2.12 bits per heavy atom. The topological polar surface area (TPSA) is 52.4 Å². The van der Waals surface area contributed by atoms with E-state index in [2.05, 4.69) is 41.3 Å². The SMILES string of the molecule is COc1ncccc1CN1CCn2c(CCOCC(C)C)cnc2[C@@H]1C. The first-order valence-electron chi connectivity index (χ1n) is 9.44. The van der Waals surface area contributed by atoms with Crippen LogP contribution in [0.25, 0.3) is 0 Å². The molecule has 0 radical (unpaired) electrons. The molecule has 0 N–H and O–H groups in total. The minimum atomic E-state index is 0.263. The molecule has 1 aliphatic heterocycles. The number of nitrogens with zero attached hydrogens (tertiary/aromatic N) is 4. The molecule has 0 amide bonds. The number of hydrogen-bond donors (Lipinski definition) is 0. The Morgan fingerprint density at radius 3 is 2.88 bits per heavy atom. The molecular weight excluding hydrogens is 328 g/mol. The van der Waals surface area contributed by atoms with Gasteiger partial charge in [0, 0.05) is 56.3 Å². The summed E-state index contributed by atoms with van der Waals surface area (Å²) in [5.41, 5.74) is 2.39. The van der Waals surface area contributed by atoms with E-state index in [-0.39, 0.29) is 6.04 Å². The first-order valence-corrected chi connectivity index (χ1v) is 9.44. The number of aromatic nitrogens is 3. The second-order valence-corrected chi connectivity index (χ2v) is 7.30. The number of imidazole rings is 1. The zero-order chi connectivity index (χ0) is 18.5. The number of pyridine rings is 1. The monoisotopic (exact) mass is 358 g/mol. The van der Waals surface area contributed by atoms with E-state index in [1.807, 2.05) is 12.3 Å². The molecule has 0 aromatic carbocycles. The summed E-state index contributed by atoms with van der Waals surface area (Å²) < 4.78 is 13.5. The van der Waals surface area contributed by atoms with E-state index in [1.165, 1.54) is 5.69 Å². The van der Waals surface area contributed by atoms with Crippen LogP contribution < -0.4 is 4.74 Å². The summed E-state index contributed by atoms with van der Waals surface area (Å²) >= 11 is 0. The molecule has 1 atom stereocenters. The van der Waals surface area contributed by atoms with E-state index in [9.17, 15) is 0 Å². The van der Waals surface area contributed by atoms with Gasteiger partial charge in [-0.05, 0) is 18.9 Å². The summed E-state index contributed by atoms with van der Waals surface area (Å²) in [5.74, 6) is 2.42. The third-order valence-electron chi connectivity index (χ3n) is 4.87. The van der Waals surface area contributed by atoms with Crippen LogP contribution >= 0.6 is 0 Å². The first-order chi connectivity index (χ1) is 12.6. The predicted octanol–water partition coefficient (Wildman–Crippen LogP) is 3.08. The van der Waals surface area contributed by atoms with Crippen molar-refractivity contribution < 1.29 is 9.47 Å². The Labute approximate surface area is 156 Å². The third kappa shape index (κ3) is 4.24. The van der Waals surface area contributed by atoms with Crippen molar-refractivity contribution in [2.75, 3.05) is 26.9 Å². The summed E-state index contributed by atoms with van der Waals surface area (Å²) in [7, 11) is 1.67. The largest absolute Gasteiger partial charge is 0.481 e. The lowest BCUT2D eigenvalue weighted by atomic mass is 10.1. The number of ether oxygens (including phenoxy) is 2. The highest BCUT2D eigenvalue weighted by Crippen LogP contribution is 2.28. The maximum atomic E-state index is 5.74. The van der Waals surface area contributed by atoms with Crippen molar-refractivity contribution in [1.29, 1.82) is 0 Å². The average molecular weight is 358 g/mol. The van der Waals surface area contributed by atoms with Crippen LogP contribution in [0.3, 0.4) is 0 Å². The quantitative estimate of drug-likeness (QED) is 0.679. The number of fused-ring (bicyclic) bond motifs is 1. The van der Waals surface area contributed by atoms with Crippen LogP contribution in [0.15, 0.2) is 24.5 Å². The maximum Gasteiger partial charge on any atom is 0.217 e. The fourth-order valence-corrected chi connectivity index (χ4v) is 3.46. The number of hydrogen-bond acceptors (Lipinski definition) is 5. The summed E-state index contributed by atoms with van der Waals surface area (Å²) in [6.07, 6.45) is 4.70. The molecule has 142 valence electrons. The van der Waals surface area contributed by atoms with E-state index in [0.29, 0.717) is 11.8 Å². The summed E-state index contributed by atoms with van der Waals surface area (Å²) in [5, 5.41) is 0.